The van der Waals surface area contributed by atoms with Crippen molar-refractivity contribution in [2.45, 2.75) is 17.3 Å². The number of urea groups is 1. The summed E-state index contributed by atoms with van der Waals surface area (Å²) in [7, 11) is 0. The first-order valence-electron chi connectivity index (χ1n) is 11.4. The summed E-state index contributed by atoms with van der Waals surface area (Å²) in [4.78, 5) is 37.8. The van der Waals surface area contributed by atoms with Crippen LogP contribution in [0.2, 0.25) is 5.02 Å². The highest BCUT2D eigenvalue weighted by molar-refractivity contribution is 8.09. The Bertz CT molecular complexity index is 1160. The van der Waals surface area contributed by atoms with Crippen molar-refractivity contribution in [3.05, 3.63) is 59.4 Å². The Morgan fingerprint density at radius 3 is 2.59 bits per heavy atom. The molecule has 0 radical (unpaired) electrons. The predicted molar refractivity (Wildman–Crippen MR) is 133 cm³/mol. The quantitative estimate of drug-likeness (QED) is 0.696. The molecular formula is C24H24ClN5O3S. The third-order valence-electron chi connectivity index (χ3n) is 6.82. The molecule has 3 amide bonds. The predicted octanol–water partition coefficient (Wildman–Crippen LogP) is 2.84. The lowest BCUT2D eigenvalue weighted by molar-refractivity contribution is -0.118. The topological polar surface area (TPSA) is 78.0 Å². The maximum atomic E-state index is 13.6. The molecule has 4 aliphatic heterocycles. The standard InChI is InChI=1S/C24H24ClN5O3S/c25-17-4-2-1-3-16(17)21-11-18-22(34-21)23(31)30(24(32)27-18)20-12-26-6-5-19(20)29-9-7-28(8-10-29)15-13-33-14-15/h1-6,11-12,15,18,22H,7-10,13-14H2,(H,27,32). The van der Waals surface area contributed by atoms with Crippen molar-refractivity contribution in [1.29, 1.82) is 0 Å². The summed E-state index contributed by atoms with van der Waals surface area (Å²) in [6.45, 7) is 5.07. The van der Waals surface area contributed by atoms with Gasteiger partial charge in [-0.15, -0.1) is 11.8 Å². The SMILES string of the molecule is O=C1NC2C=C(c3ccccc3Cl)SC2C(=O)N1c1cnccc1N1CCN(C2COC2)CC1. The molecule has 2 aromatic rings. The summed E-state index contributed by atoms with van der Waals surface area (Å²) in [5.41, 5.74) is 2.24. The van der Waals surface area contributed by atoms with Crippen LogP contribution in [0, 0.1) is 0 Å². The fraction of sp³-hybridized carbons (Fsp3) is 0.375. The fourth-order valence-electron chi connectivity index (χ4n) is 4.88. The van der Waals surface area contributed by atoms with Gasteiger partial charge in [0.05, 0.1) is 42.9 Å². The zero-order chi connectivity index (χ0) is 23.2. The van der Waals surface area contributed by atoms with E-state index < -0.39 is 11.3 Å². The number of piperazine rings is 1. The van der Waals surface area contributed by atoms with E-state index in [2.05, 4.69) is 20.1 Å². The Labute approximate surface area is 206 Å². The summed E-state index contributed by atoms with van der Waals surface area (Å²) in [5, 5.41) is 3.17. The van der Waals surface area contributed by atoms with Crippen LogP contribution >= 0.6 is 23.4 Å². The van der Waals surface area contributed by atoms with Gasteiger partial charge in [0.2, 0.25) is 0 Å². The molecule has 2 atom stereocenters. The number of fused-ring (bicyclic) bond motifs is 1. The highest BCUT2D eigenvalue weighted by Gasteiger charge is 2.46. The van der Waals surface area contributed by atoms with Crippen molar-refractivity contribution < 1.29 is 14.3 Å². The maximum Gasteiger partial charge on any atom is 0.329 e. The molecule has 1 aromatic heterocycles. The van der Waals surface area contributed by atoms with E-state index in [1.54, 1.807) is 12.4 Å². The van der Waals surface area contributed by atoms with Gasteiger partial charge in [-0.05, 0) is 18.2 Å². The summed E-state index contributed by atoms with van der Waals surface area (Å²) in [6, 6.07) is 9.13. The average Bonchev–Trinajstić information content (AvgIpc) is 3.23. The van der Waals surface area contributed by atoms with Crippen LogP contribution in [0.3, 0.4) is 0 Å². The number of benzene rings is 1. The minimum Gasteiger partial charge on any atom is -0.378 e. The summed E-state index contributed by atoms with van der Waals surface area (Å²) >= 11 is 7.82. The van der Waals surface area contributed by atoms with Gasteiger partial charge in [-0.1, -0.05) is 29.8 Å². The summed E-state index contributed by atoms with van der Waals surface area (Å²) in [5.74, 6) is -0.239. The lowest BCUT2D eigenvalue weighted by Crippen LogP contribution is -2.61. The van der Waals surface area contributed by atoms with Crippen LogP contribution in [0.4, 0.5) is 16.2 Å². The van der Waals surface area contributed by atoms with Crippen LogP contribution < -0.4 is 15.1 Å². The van der Waals surface area contributed by atoms with Crippen LogP contribution in [0.25, 0.3) is 4.91 Å². The number of ether oxygens (including phenoxy) is 1. The number of imide groups is 1. The molecule has 1 N–H and O–H groups in total. The first-order chi connectivity index (χ1) is 16.6. The molecule has 4 aliphatic rings. The normalized spacial score (nSPS) is 25.6. The molecule has 176 valence electrons. The van der Waals surface area contributed by atoms with Gasteiger partial charge < -0.3 is 15.0 Å². The minimum atomic E-state index is -0.451. The van der Waals surface area contributed by atoms with Gasteiger partial charge in [-0.25, -0.2) is 9.69 Å². The first kappa shape index (κ1) is 21.9. The fourth-order valence-corrected chi connectivity index (χ4v) is 6.48. The number of halogens is 1. The largest absolute Gasteiger partial charge is 0.378 e. The van der Waals surface area contributed by atoms with E-state index in [4.69, 9.17) is 16.3 Å². The summed E-state index contributed by atoms with van der Waals surface area (Å²) < 4.78 is 5.33. The monoisotopic (exact) mass is 497 g/mol. The number of nitrogens with one attached hydrogen (secondary N) is 1. The Balaban J connectivity index is 1.23. The van der Waals surface area contributed by atoms with Crippen molar-refractivity contribution in [1.82, 2.24) is 15.2 Å². The van der Waals surface area contributed by atoms with Gasteiger partial charge in [0.25, 0.3) is 5.91 Å². The van der Waals surface area contributed by atoms with E-state index in [0.29, 0.717) is 16.8 Å². The second kappa shape index (κ2) is 8.88. The zero-order valence-electron chi connectivity index (χ0n) is 18.4. The molecule has 0 aliphatic carbocycles. The average molecular weight is 498 g/mol. The molecule has 0 spiro atoms. The van der Waals surface area contributed by atoms with Crippen molar-refractivity contribution in [3.63, 3.8) is 0 Å². The van der Waals surface area contributed by atoms with Gasteiger partial charge in [-0.2, -0.15) is 0 Å². The third-order valence-corrected chi connectivity index (χ3v) is 8.51. The van der Waals surface area contributed by atoms with Gasteiger partial charge in [0.1, 0.15) is 5.25 Å². The number of nitrogens with zero attached hydrogens (tertiary/aromatic N) is 4. The number of amides is 3. The summed E-state index contributed by atoms with van der Waals surface area (Å²) in [6.07, 6.45) is 5.25. The molecule has 2 unspecified atom stereocenters. The smallest absolute Gasteiger partial charge is 0.329 e. The molecule has 0 bridgehead atoms. The number of pyridine rings is 1. The number of hydrogen-bond donors (Lipinski definition) is 1. The number of aromatic nitrogens is 1. The van der Waals surface area contributed by atoms with Crippen molar-refractivity contribution >= 4 is 51.6 Å². The Kier molecular flexibility index (Phi) is 5.73. The van der Waals surface area contributed by atoms with Crippen LogP contribution in [0.1, 0.15) is 5.56 Å². The Morgan fingerprint density at radius 1 is 1.06 bits per heavy atom. The number of rotatable bonds is 4. The van der Waals surface area contributed by atoms with Crippen LogP contribution in [0.15, 0.2) is 48.8 Å². The van der Waals surface area contributed by atoms with Crippen LogP contribution in [-0.4, -0.2) is 78.5 Å². The molecule has 1 aromatic carbocycles. The van der Waals surface area contributed by atoms with Gasteiger partial charge in [0, 0.05) is 47.9 Å². The van der Waals surface area contributed by atoms with Crippen molar-refractivity contribution in [2.75, 3.05) is 49.2 Å². The molecule has 5 heterocycles. The van der Waals surface area contributed by atoms with Gasteiger partial charge >= 0.3 is 6.03 Å². The minimum absolute atomic E-state index is 0.239. The van der Waals surface area contributed by atoms with E-state index in [0.717, 1.165) is 55.5 Å². The van der Waals surface area contributed by atoms with E-state index in [-0.39, 0.29) is 11.9 Å². The van der Waals surface area contributed by atoms with E-state index in [1.165, 1.54) is 16.7 Å². The number of hydrogen-bond acceptors (Lipinski definition) is 7. The van der Waals surface area contributed by atoms with Crippen molar-refractivity contribution in [2.24, 2.45) is 0 Å². The molecule has 0 saturated carbocycles. The number of thioether (sulfide) groups is 1. The zero-order valence-corrected chi connectivity index (χ0v) is 20.0. The number of carbonyl (C=O) groups is 2. The highest BCUT2D eigenvalue weighted by Crippen LogP contribution is 2.45. The van der Waals surface area contributed by atoms with Gasteiger partial charge in [-0.3, -0.25) is 14.7 Å². The van der Waals surface area contributed by atoms with E-state index in [1.807, 2.05) is 36.4 Å². The molecule has 3 saturated heterocycles. The van der Waals surface area contributed by atoms with E-state index >= 15 is 0 Å². The molecule has 10 heteroatoms. The molecule has 8 nitrogen and oxygen atoms in total. The maximum absolute atomic E-state index is 13.6. The lowest BCUT2D eigenvalue weighted by Gasteiger charge is -2.44. The second-order valence-electron chi connectivity index (χ2n) is 8.78. The van der Waals surface area contributed by atoms with Gasteiger partial charge in [0.15, 0.2) is 0 Å². The number of anilines is 2. The molecule has 3 fully saturated rings. The van der Waals surface area contributed by atoms with E-state index in [9.17, 15) is 9.59 Å². The number of carbonyl (C=O) groups excluding carboxylic acids is 2. The molecule has 6 rings (SSSR count). The van der Waals surface area contributed by atoms with Crippen LogP contribution in [-0.2, 0) is 9.53 Å². The Morgan fingerprint density at radius 2 is 1.85 bits per heavy atom. The molecule has 34 heavy (non-hydrogen) atoms. The Hall–Kier alpha value is -2.59. The second-order valence-corrected chi connectivity index (χ2v) is 10.4. The molecular weight excluding hydrogens is 474 g/mol. The van der Waals surface area contributed by atoms with Crippen molar-refractivity contribution in [3.8, 4) is 0 Å². The van der Waals surface area contributed by atoms with Crippen LogP contribution in [0.5, 0.6) is 0 Å². The first-order valence-corrected chi connectivity index (χ1v) is 12.6. The highest BCUT2D eigenvalue weighted by atomic mass is 35.5. The third kappa shape index (κ3) is 3.76. The lowest BCUT2D eigenvalue weighted by atomic mass is 10.1.